The Hall–Kier alpha value is -2.80. The van der Waals surface area contributed by atoms with Gasteiger partial charge >= 0.3 is 12.1 Å². The van der Waals surface area contributed by atoms with E-state index in [1.165, 1.54) is 27.9 Å². The Morgan fingerprint density at radius 1 is 1.34 bits per heavy atom. The predicted octanol–water partition coefficient (Wildman–Crippen LogP) is 1.56. The number of nitrogens with zero attached hydrogens (tertiary/aromatic N) is 6. The van der Waals surface area contributed by atoms with Crippen molar-refractivity contribution in [2.24, 2.45) is 7.05 Å². The third-order valence-corrected chi connectivity index (χ3v) is 7.39. The van der Waals surface area contributed by atoms with Crippen molar-refractivity contribution in [1.82, 2.24) is 24.8 Å². The van der Waals surface area contributed by atoms with Gasteiger partial charge in [-0.15, -0.1) is 22.3 Å². The van der Waals surface area contributed by atoms with E-state index >= 15 is 0 Å². The van der Waals surface area contributed by atoms with Gasteiger partial charge in [0.05, 0.1) is 6.54 Å². The molecule has 1 saturated heterocycles. The van der Waals surface area contributed by atoms with E-state index in [1.54, 1.807) is 6.92 Å². The van der Waals surface area contributed by atoms with Crippen LogP contribution in [-0.4, -0.2) is 70.6 Å². The van der Waals surface area contributed by atoms with E-state index in [0.717, 1.165) is 22.5 Å². The number of aryl methyl sites for hydroxylation is 1. The lowest BCUT2D eigenvalue weighted by Crippen LogP contribution is -2.61. The quantitative estimate of drug-likeness (QED) is 0.454. The van der Waals surface area contributed by atoms with Gasteiger partial charge < -0.3 is 15.1 Å². The third kappa shape index (κ3) is 5.10. The number of piperazine rings is 1. The maximum Gasteiger partial charge on any atom is 0.493 e. The van der Waals surface area contributed by atoms with Gasteiger partial charge in [-0.25, -0.2) is 14.8 Å². The van der Waals surface area contributed by atoms with Crippen LogP contribution >= 0.6 is 23.1 Å². The van der Waals surface area contributed by atoms with E-state index in [2.05, 4.69) is 27.1 Å². The first-order chi connectivity index (χ1) is 16.6. The molecule has 4 heterocycles. The van der Waals surface area contributed by atoms with Crippen LogP contribution in [0.3, 0.4) is 0 Å². The lowest BCUT2D eigenvalue weighted by atomic mass is 10.3. The van der Waals surface area contributed by atoms with Gasteiger partial charge in [-0.05, 0) is 25.6 Å². The Kier molecular flexibility index (Phi) is 7.27. The highest BCUT2D eigenvalue weighted by atomic mass is 32.2. The molecule has 0 spiro atoms. The van der Waals surface area contributed by atoms with E-state index in [4.69, 9.17) is 4.84 Å². The van der Waals surface area contributed by atoms with E-state index in [1.807, 2.05) is 17.2 Å². The number of hydroxylamine groups is 1. The van der Waals surface area contributed by atoms with Crippen LogP contribution in [0.2, 0.25) is 0 Å². The second kappa shape index (κ2) is 10.1. The summed E-state index contributed by atoms with van der Waals surface area (Å²) < 4.78 is 41.5. The molecule has 1 unspecified atom stereocenters. The van der Waals surface area contributed by atoms with Crippen molar-refractivity contribution < 1.29 is 22.8 Å². The Morgan fingerprint density at radius 2 is 2.06 bits per heavy atom. The first kappa shape index (κ1) is 25.3. The molecule has 0 bridgehead atoms. The van der Waals surface area contributed by atoms with Gasteiger partial charge in [0, 0.05) is 44.3 Å². The largest absolute Gasteiger partial charge is 0.493 e. The molecule has 35 heavy (non-hydrogen) atoms. The van der Waals surface area contributed by atoms with Gasteiger partial charge in [-0.2, -0.15) is 13.2 Å². The number of aromatic nitrogens is 3. The van der Waals surface area contributed by atoms with Crippen molar-refractivity contribution in [1.29, 1.82) is 0 Å². The van der Waals surface area contributed by atoms with Gasteiger partial charge in [0.1, 0.15) is 0 Å². The van der Waals surface area contributed by atoms with Crippen molar-refractivity contribution in [3.8, 4) is 11.8 Å². The summed E-state index contributed by atoms with van der Waals surface area (Å²) in [5.74, 6) is 3.02. The fourth-order valence-electron chi connectivity index (χ4n) is 3.68. The van der Waals surface area contributed by atoms with Crippen LogP contribution in [0, 0.1) is 18.8 Å². The molecule has 2 aromatic heterocycles. The Labute approximate surface area is 207 Å². The minimum Gasteiger partial charge on any atom is -0.327 e. The topological polar surface area (TPSA) is 95.8 Å². The number of carbonyl (C=O) groups is 1. The smallest absolute Gasteiger partial charge is 0.327 e. The van der Waals surface area contributed by atoms with Crippen LogP contribution < -0.4 is 20.8 Å². The number of halogens is 3. The van der Waals surface area contributed by atoms with Crippen molar-refractivity contribution >= 4 is 40.6 Å². The molecule has 4 rings (SSSR count). The normalized spacial score (nSPS) is 18.3. The van der Waals surface area contributed by atoms with Crippen molar-refractivity contribution in [2.75, 3.05) is 42.7 Å². The van der Waals surface area contributed by atoms with Gasteiger partial charge in [0.25, 0.3) is 5.56 Å². The van der Waals surface area contributed by atoms with E-state index in [9.17, 15) is 22.8 Å². The SMILES string of the molecule is CC#CCN1c2c(nc(Sc3nc(C)cs3)n(C)c2=O)N(OC(=O)C(F)(F)F)C1N1CCNCC1. The van der Waals surface area contributed by atoms with Crippen molar-refractivity contribution in [3.05, 3.63) is 21.4 Å². The number of hydrogen-bond donors (Lipinski definition) is 1. The molecular weight excluding hydrogens is 507 g/mol. The third-order valence-electron chi connectivity index (χ3n) is 5.29. The molecule has 0 radical (unpaired) electrons. The molecule has 1 N–H and O–H groups in total. The second-order valence-electron chi connectivity index (χ2n) is 7.68. The highest BCUT2D eigenvalue weighted by Crippen LogP contribution is 2.40. The van der Waals surface area contributed by atoms with E-state index < -0.39 is 24.0 Å². The first-order valence-corrected chi connectivity index (χ1v) is 12.2. The predicted molar refractivity (Wildman–Crippen MR) is 124 cm³/mol. The monoisotopic (exact) mass is 529 g/mol. The molecule has 0 aliphatic carbocycles. The molecule has 2 aliphatic rings. The van der Waals surface area contributed by atoms with Gasteiger partial charge in [-0.1, -0.05) is 5.92 Å². The summed E-state index contributed by atoms with van der Waals surface area (Å²) >= 11 is 2.44. The number of nitrogens with one attached hydrogen (secondary N) is 1. The van der Waals surface area contributed by atoms with E-state index in [-0.39, 0.29) is 23.2 Å². The second-order valence-corrected chi connectivity index (χ2v) is 9.75. The lowest BCUT2D eigenvalue weighted by Gasteiger charge is -2.40. The maximum atomic E-state index is 13.5. The summed E-state index contributed by atoms with van der Waals surface area (Å²) in [4.78, 5) is 42.4. The zero-order valence-electron chi connectivity index (χ0n) is 19.0. The van der Waals surface area contributed by atoms with Gasteiger partial charge in [0.2, 0.25) is 0 Å². The van der Waals surface area contributed by atoms with Crippen LogP contribution in [0.4, 0.5) is 24.7 Å². The number of thiazole rings is 1. The minimum absolute atomic E-state index is 0.00780. The molecule has 15 heteroatoms. The Morgan fingerprint density at radius 3 is 2.66 bits per heavy atom. The maximum absolute atomic E-state index is 13.5. The Balaban J connectivity index is 1.85. The molecule has 0 amide bonds. The number of fused-ring (bicyclic) bond motifs is 1. The van der Waals surface area contributed by atoms with Crippen molar-refractivity contribution in [2.45, 2.75) is 35.8 Å². The van der Waals surface area contributed by atoms with Gasteiger partial charge in [-0.3, -0.25) is 14.3 Å². The summed E-state index contributed by atoms with van der Waals surface area (Å²) in [5.41, 5.74) is 0.287. The van der Waals surface area contributed by atoms with Crippen LogP contribution in [-0.2, 0) is 16.7 Å². The molecule has 2 aromatic rings. The fourth-order valence-corrected chi connectivity index (χ4v) is 5.46. The highest BCUT2D eigenvalue weighted by molar-refractivity contribution is 8.00. The zero-order valence-corrected chi connectivity index (χ0v) is 20.7. The fraction of sp³-hybridized carbons (Fsp3) is 0.500. The molecule has 0 saturated carbocycles. The number of alkyl halides is 3. The minimum atomic E-state index is -5.24. The van der Waals surface area contributed by atoms with Crippen LogP contribution in [0.15, 0.2) is 19.7 Å². The van der Waals surface area contributed by atoms with Crippen LogP contribution in [0.5, 0.6) is 0 Å². The summed E-state index contributed by atoms with van der Waals surface area (Å²) in [6, 6.07) is 0. The van der Waals surface area contributed by atoms with Crippen LogP contribution in [0.1, 0.15) is 12.6 Å². The average Bonchev–Trinajstić information content (AvgIpc) is 3.36. The molecule has 188 valence electrons. The molecule has 1 fully saturated rings. The standard InChI is InChI=1S/C20H22F3N7O3S2/c1-4-5-8-29-13-14(26-17(27(3)15(13)31)35-18-25-12(2)11-34-18)30(33-16(32)20(21,22)23)19(29)28-9-6-24-7-10-28/h11,19,24H,6-10H2,1-3H3. The van der Waals surface area contributed by atoms with Gasteiger partial charge in [0.15, 0.2) is 27.3 Å². The summed E-state index contributed by atoms with van der Waals surface area (Å²) in [6.07, 6.45) is -6.26. The zero-order chi connectivity index (χ0) is 25.3. The molecule has 0 aromatic carbocycles. The highest BCUT2D eigenvalue weighted by Gasteiger charge is 2.50. The molecule has 2 aliphatic heterocycles. The van der Waals surface area contributed by atoms with E-state index in [0.29, 0.717) is 30.5 Å². The van der Waals surface area contributed by atoms with Crippen LogP contribution in [0.25, 0.3) is 0 Å². The molecule has 1 atom stereocenters. The average molecular weight is 530 g/mol. The summed E-state index contributed by atoms with van der Waals surface area (Å²) in [7, 11) is 1.52. The number of hydrogen-bond acceptors (Lipinski definition) is 11. The summed E-state index contributed by atoms with van der Waals surface area (Å²) in [6.45, 7) is 5.47. The first-order valence-electron chi connectivity index (χ1n) is 10.5. The molecular formula is C20H22F3N7O3S2. The number of rotatable bonds is 5. The van der Waals surface area contributed by atoms with Crippen molar-refractivity contribution in [3.63, 3.8) is 0 Å². The number of anilines is 2. The molecule has 10 nitrogen and oxygen atoms in total. The summed E-state index contributed by atoms with van der Waals surface area (Å²) in [5, 5.41) is 5.98. The Bertz CT molecular complexity index is 1230. The number of carbonyl (C=O) groups excluding carboxylic acids is 1. The lowest BCUT2D eigenvalue weighted by molar-refractivity contribution is -0.203.